The van der Waals surface area contributed by atoms with E-state index in [1.165, 1.54) is 17.7 Å². The summed E-state index contributed by atoms with van der Waals surface area (Å²) in [7, 11) is 0. The van der Waals surface area contributed by atoms with Gasteiger partial charge in [-0.2, -0.15) is 5.26 Å². The van der Waals surface area contributed by atoms with Crippen molar-refractivity contribution in [2.75, 3.05) is 0 Å². The Kier molecular flexibility index (Phi) is 4.64. The molecule has 0 aliphatic heterocycles. The van der Waals surface area contributed by atoms with Crippen molar-refractivity contribution in [2.45, 2.75) is 11.8 Å². The Bertz CT molecular complexity index is 887. The summed E-state index contributed by atoms with van der Waals surface area (Å²) < 4.78 is 27.9. The van der Waals surface area contributed by atoms with E-state index in [1.807, 2.05) is 55.5 Å². The van der Waals surface area contributed by atoms with Gasteiger partial charge < -0.3 is 0 Å². The Labute approximate surface area is 143 Å². The van der Waals surface area contributed by atoms with Crippen LogP contribution in [0, 0.1) is 29.2 Å². The van der Waals surface area contributed by atoms with E-state index in [0.29, 0.717) is 17.3 Å². The molecule has 3 aromatic rings. The van der Waals surface area contributed by atoms with Crippen LogP contribution in [0.5, 0.6) is 0 Å². The first-order valence-electron chi connectivity index (χ1n) is 7.31. The Balaban J connectivity index is 1.94. The van der Waals surface area contributed by atoms with Crippen LogP contribution >= 0.6 is 11.8 Å². The van der Waals surface area contributed by atoms with E-state index >= 15 is 0 Å². The molecule has 0 aromatic heterocycles. The number of nitriles is 1. The number of rotatable bonds is 3. The molecule has 0 N–H and O–H groups in total. The highest BCUT2D eigenvalue weighted by molar-refractivity contribution is 8.03. The highest BCUT2D eigenvalue weighted by Crippen LogP contribution is 2.31. The molecule has 118 valence electrons. The van der Waals surface area contributed by atoms with Gasteiger partial charge in [-0.25, -0.2) is 8.78 Å². The average Bonchev–Trinajstić information content (AvgIpc) is 2.59. The van der Waals surface area contributed by atoms with Crippen LogP contribution in [-0.2, 0) is 0 Å². The number of halogens is 2. The van der Waals surface area contributed by atoms with E-state index in [-0.39, 0.29) is 4.90 Å². The molecule has 0 radical (unpaired) electrons. The monoisotopic (exact) mass is 337 g/mol. The number of thioether (sulfide) groups is 1. The Morgan fingerprint density at radius 2 is 1.17 bits per heavy atom. The van der Waals surface area contributed by atoms with Gasteiger partial charge in [-0.05, 0) is 53.1 Å². The molecular weight excluding hydrogens is 324 g/mol. The fourth-order valence-corrected chi connectivity index (χ4v) is 2.87. The number of thiocyanates is 1. The van der Waals surface area contributed by atoms with Crippen molar-refractivity contribution < 1.29 is 8.78 Å². The minimum absolute atomic E-state index is 0.266. The number of hydrogen-bond acceptors (Lipinski definition) is 2. The van der Waals surface area contributed by atoms with Crippen molar-refractivity contribution >= 4 is 11.8 Å². The van der Waals surface area contributed by atoms with Crippen molar-refractivity contribution in [3.8, 4) is 27.7 Å². The van der Waals surface area contributed by atoms with Gasteiger partial charge in [0.25, 0.3) is 0 Å². The van der Waals surface area contributed by atoms with Crippen LogP contribution in [0.2, 0.25) is 0 Å². The zero-order chi connectivity index (χ0) is 17.1. The lowest BCUT2D eigenvalue weighted by Crippen LogP contribution is -1.90. The Hall–Kier alpha value is -2.64. The second-order valence-corrected chi connectivity index (χ2v) is 6.20. The van der Waals surface area contributed by atoms with E-state index in [4.69, 9.17) is 5.26 Å². The average molecular weight is 337 g/mol. The highest BCUT2D eigenvalue weighted by atomic mass is 32.2. The van der Waals surface area contributed by atoms with Gasteiger partial charge in [0.15, 0.2) is 0 Å². The zero-order valence-electron chi connectivity index (χ0n) is 12.9. The second-order valence-electron chi connectivity index (χ2n) is 5.41. The quantitative estimate of drug-likeness (QED) is 0.421. The highest BCUT2D eigenvalue weighted by Gasteiger charge is 2.13. The van der Waals surface area contributed by atoms with Gasteiger partial charge in [0.2, 0.25) is 0 Å². The molecule has 0 spiro atoms. The largest absolute Gasteiger partial charge is 0.206 e. The molecule has 3 aromatic carbocycles. The standard InChI is InChI=1S/C20H13F2NS/c1-13-2-4-14(5-3-13)15-6-8-16(9-7-15)17-10-18(21)20(24-12-23)19(22)11-17/h2-11H,1H3. The van der Waals surface area contributed by atoms with Crippen molar-refractivity contribution in [1.29, 1.82) is 5.26 Å². The van der Waals surface area contributed by atoms with Crippen molar-refractivity contribution in [2.24, 2.45) is 0 Å². The lowest BCUT2D eigenvalue weighted by molar-refractivity contribution is 0.542. The minimum Gasteiger partial charge on any atom is -0.206 e. The number of nitrogens with zero attached hydrogens (tertiary/aromatic N) is 1. The molecule has 4 heteroatoms. The molecule has 0 saturated heterocycles. The molecule has 0 atom stereocenters. The summed E-state index contributed by atoms with van der Waals surface area (Å²) in [5, 5.41) is 10.3. The maximum Gasteiger partial charge on any atom is 0.141 e. The molecule has 0 saturated carbocycles. The van der Waals surface area contributed by atoms with E-state index in [1.54, 1.807) is 5.40 Å². The summed E-state index contributed by atoms with van der Waals surface area (Å²) in [6, 6.07) is 18.2. The van der Waals surface area contributed by atoms with Crippen LogP contribution in [0.1, 0.15) is 5.56 Å². The fourth-order valence-electron chi connectivity index (χ4n) is 2.47. The molecule has 0 bridgehead atoms. The first-order valence-corrected chi connectivity index (χ1v) is 8.12. The smallest absolute Gasteiger partial charge is 0.141 e. The van der Waals surface area contributed by atoms with E-state index < -0.39 is 11.6 Å². The summed E-state index contributed by atoms with van der Waals surface area (Å²) in [6.07, 6.45) is 0. The zero-order valence-corrected chi connectivity index (χ0v) is 13.7. The summed E-state index contributed by atoms with van der Waals surface area (Å²) in [6.45, 7) is 2.03. The molecule has 0 unspecified atom stereocenters. The lowest BCUT2D eigenvalue weighted by atomic mass is 9.99. The van der Waals surface area contributed by atoms with Crippen molar-refractivity contribution in [3.05, 3.63) is 77.9 Å². The lowest BCUT2D eigenvalue weighted by Gasteiger charge is -2.07. The van der Waals surface area contributed by atoms with E-state index in [2.05, 4.69) is 0 Å². The third-order valence-corrected chi connectivity index (χ3v) is 4.43. The molecule has 0 heterocycles. The molecule has 3 rings (SSSR count). The predicted octanol–water partition coefficient (Wildman–Crippen LogP) is 6.18. The van der Waals surface area contributed by atoms with Crippen molar-refractivity contribution in [3.63, 3.8) is 0 Å². The van der Waals surface area contributed by atoms with Crippen LogP contribution in [0.4, 0.5) is 8.78 Å². The number of hydrogen-bond donors (Lipinski definition) is 0. The molecule has 0 amide bonds. The number of aryl methyl sites for hydroxylation is 1. The van der Waals surface area contributed by atoms with Gasteiger partial charge >= 0.3 is 0 Å². The molecule has 1 nitrogen and oxygen atoms in total. The molecule has 24 heavy (non-hydrogen) atoms. The normalized spacial score (nSPS) is 10.4. The van der Waals surface area contributed by atoms with Gasteiger partial charge in [0, 0.05) is 0 Å². The van der Waals surface area contributed by atoms with Gasteiger partial charge in [0.1, 0.15) is 17.0 Å². The second kappa shape index (κ2) is 6.86. The maximum absolute atomic E-state index is 14.0. The molecule has 0 aliphatic carbocycles. The SMILES string of the molecule is Cc1ccc(-c2ccc(-c3cc(F)c(SC#N)c(F)c3)cc2)cc1. The predicted molar refractivity (Wildman–Crippen MR) is 93.4 cm³/mol. The van der Waals surface area contributed by atoms with Crippen molar-refractivity contribution in [1.82, 2.24) is 0 Å². The van der Waals surface area contributed by atoms with Crippen LogP contribution in [0.15, 0.2) is 65.6 Å². The summed E-state index contributed by atoms with van der Waals surface area (Å²) in [4.78, 5) is -0.266. The first-order chi connectivity index (χ1) is 11.6. The molecule has 0 fully saturated rings. The topological polar surface area (TPSA) is 23.8 Å². The third kappa shape index (κ3) is 3.32. The Morgan fingerprint density at radius 1 is 0.750 bits per heavy atom. The van der Waals surface area contributed by atoms with Gasteiger partial charge in [-0.1, -0.05) is 54.1 Å². The summed E-state index contributed by atoms with van der Waals surface area (Å²) in [5.41, 5.74) is 4.48. The molecular formula is C20H13F2NS. The van der Waals surface area contributed by atoms with Crippen LogP contribution in [-0.4, -0.2) is 0 Å². The third-order valence-electron chi connectivity index (χ3n) is 3.75. The van der Waals surface area contributed by atoms with Crippen LogP contribution in [0.25, 0.3) is 22.3 Å². The van der Waals surface area contributed by atoms with E-state index in [9.17, 15) is 8.78 Å². The summed E-state index contributed by atoms with van der Waals surface area (Å²) >= 11 is 0.489. The summed E-state index contributed by atoms with van der Waals surface area (Å²) in [5.74, 6) is -1.45. The number of benzene rings is 3. The first kappa shape index (κ1) is 16.2. The van der Waals surface area contributed by atoms with Gasteiger partial charge in [0.05, 0.1) is 4.90 Å². The molecule has 0 aliphatic rings. The fraction of sp³-hybridized carbons (Fsp3) is 0.0500. The van der Waals surface area contributed by atoms with Gasteiger partial charge in [-0.15, -0.1) is 0 Å². The Morgan fingerprint density at radius 3 is 1.62 bits per heavy atom. The van der Waals surface area contributed by atoms with Crippen LogP contribution < -0.4 is 0 Å². The van der Waals surface area contributed by atoms with E-state index in [0.717, 1.165) is 16.7 Å². The van der Waals surface area contributed by atoms with Gasteiger partial charge in [-0.3, -0.25) is 0 Å². The minimum atomic E-state index is -0.723. The van der Waals surface area contributed by atoms with Crippen LogP contribution in [0.3, 0.4) is 0 Å². The maximum atomic E-state index is 14.0.